The SMILES string of the molecule is Cl.NC[C@H]1CCC[C@H]1C(=O)NCC(F)F. The minimum atomic E-state index is -2.48. The number of hydrogen-bond donors (Lipinski definition) is 2. The van der Waals surface area contributed by atoms with Crippen LogP contribution in [-0.4, -0.2) is 25.4 Å². The van der Waals surface area contributed by atoms with Crippen LogP contribution in [0.4, 0.5) is 8.78 Å². The smallest absolute Gasteiger partial charge is 0.255 e. The lowest BCUT2D eigenvalue weighted by Gasteiger charge is -2.16. The summed E-state index contributed by atoms with van der Waals surface area (Å²) in [5.74, 6) is -0.246. The third-order valence-corrected chi connectivity index (χ3v) is 2.73. The van der Waals surface area contributed by atoms with E-state index in [4.69, 9.17) is 5.73 Å². The van der Waals surface area contributed by atoms with Gasteiger partial charge in [0.15, 0.2) is 0 Å². The van der Waals surface area contributed by atoms with Crippen molar-refractivity contribution in [3.8, 4) is 0 Å². The van der Waals surface area contributed by atoms with Crippen LogP contribution in [0.15, 0.2) is 0 Å². The van der Waals surface area contributed by atoms with Crippen molar-refractivity contribution in [1.29, 1.82) is 0 Å². The van der Waals surface area contributed by atoms with Crippen LogP contribution in [0.2, 0.25) is 0 Å². The van der Waals surface area contributed by atoms with Crippen LogP contribution in [0, 0.1) is 11.8 Å². The minimum absolute atomic E-state index is 0. The molecule has 0 aromatic rings. The first kappa shape index (κ1) is 14.6. The summed E-state index contributed by atoms with van der Waals surface area (Å²) in [4.78, 5) is 11.4. The highest BCUT2D eigenvalue weighted by atomic mass is 35.5. The average molecular weight is 243 g/mol. The van der Waals surface area contributed by atoms with Crippen molar-refractivity contribution in [3.63, 3.8) is 0 Å². The second kappa shape index (κ2) is 6.95. The van der Waals surface area contributed by atoms with Crippen molar-refractivity contribution in [3.05, 3.63) is 0 Å². The molecule has 1 aliphatic rings. The van der Waals surface area contributed by atoms with E-state index in [1.807, 2.05) is 0 Å². The fourth-order valence-corrected chi connectivity index (χ4v) is 1.97. The Hall–Kier alpha value is -0.420. The Morgan fingerprint density at radius 3 is 2.67 bits per heavy atom. The molecule has 0 saturated heterocycles. The topological polar surface area (TPSA) is 55.1 Å². The monoisotopic (exact) mass is 242 g/mol. The summed E-state index contributed by atoms with van der Waals surface area (Å²) in [6.45, 7) is -0.0839. The largest absolute Gasteiger partial charge is 0.350 e. The minimum Gasteiger partial charge on any atom is -0.350 e. The molecule has 2 atom stereocenters. The normalized spacial score (nSPS) is 25.1. The van der Waals surface area contributed by atoms with Crippen molar-refractivity contribution in [2.45, 2.75) is 25.7 Å². The predicted octanol–water partition coefficient (Wildman–Crippen LogP) is 1.16. The number of nitrogens with two attached hydrogens (primary N) is 1. The summed E-state index contributed by atoms with van der Waals surface area (Å²) in [6.07, 6.45) is 0.200. The molecule has 0 aliphatic heterocycles. The zero-order valence-electron chi connectivity index (χ0n) is 8.42. The summed E-state index contributed by atoms with van der Waals surface area (Å²) in [5.41, 5.74) is 5.49. The molecule has 1 fully saturated rings. The zero-order valence-corrected chi connectivity index (χ0v) is 9.23. The highest BCUT2D eigenvalue weighted by Crippen LogP contribution is 2.30. The highest BCUT2D eigenvalue weighted by Gasteiger charge is 2.31. The molecule has 0 radical (unpaired) electrons. The number of amides is 1. The van der Waals surface area contributed by atoms with Gasteiger partial charge in [-0.25, -0.2) is 8.78 Å². The summed E-state index contributed by atoms with van der Waals surface area (Å²) in [7, 11) is 0. The fraction of sp³-hybridized carbons (Fsp3) is 0.889. The second-order valence-electron chi connectivity index (χ2n) is 3.67. The molecule has 3 nitrogen and oxygen atoms in total. The van der Waals surface area contributed by atoms with E-state index >= 15 is 0 Å². The quantitative estimate of drug-likeness (QED) is 0.778. The van der Waals surface area contributed by atoms with E-state index < -0.39 is 13.0 Å². The Kier molecular flexibility index (Phi) is 6.76. The van der Waals surface area contributed by atoms with Crippen molar-refractivity contribution >= 4 is 18.3 Å². The molecule has 0 bridgehead atoms. The number of carbonyl (C=O) groups is 1. The molecule has 1 aliphatic carbocycles. The molecule has 6 heteroatoms. The average Bonchev–Trinajstić information content (AvgIpc) is 2.61. The van der Waals surface area contributed by atoms with Crippen LogP contribution in [-0.2, 0) is 4.79 Å². The Morgan fingerprint density at radius 2 is 2.13 bits per heavy atom. The fourth-order valence-electron chi connectivity index (χ4n) is 1.97. The Balaban J connectivity index is 0.00000196. The van der Waals surface area contributed by atoms with Gasteiger partial charge in [-0.2, -0.15) is 0 Å². The summed E-state index contributed by atoms with van der Waals surface area (Å²) < 4.78 is 23.6. The van der Waals surface area contributed by atoms with Crippen LogP contribution in [0.25, 0.3) is 0 Å². The molecule has 3 N–H and O–H groups in total. The molecule has 0 unspecified atom stereocenters. The third kappa shape index (κ3) is 4.30. The predicted molar refractivity (Wildman–Crippen MR) is 56.1 cm³/mol. The second-order valence-corrected chi connectivity index (χ2v) is 3.67. The molecule has 1 amide bonds. The van der Waals surface area contributed by atoms with Crippen molar-refractivity contribution in [2.24, 2.45) is 17.6 Å². The van der Waals surface area contributed by atoms with Gasteiger partial charge in [0, 0.05) is 5.92 Å². The molecule has 1 rings (SSSR count). The molecule has 0 aromatic heterocycles. The van der Waals surface area contributed by atoms with Gasteiger partial charge in [-0.05, 0) is 25.3 Å². The molecule has 1 saturated carbocycles. The molecule has 90 valence electrons. The number of halogens is 3. The van der Waals surface area contributed by atoms with E-state index in [0.717, 1.165) is 19.3 Å². The molecule has 15 heavy (non-hydrogen) atoms. The summed E-state index contributed by atoms with van der Waals surface area (Å²) in [6, 6.07) is 0. The molecule has 0 heterocycles. The van der Waals surface area contributed by atoms with Crippen molar-refractivity contribution in [2.75, 3.05) is 13.1 Å². The standard InChI is InChI=1S/C9H16F2N2O.ClH/c10-8(11)5-13-9(14)7-3-1-2-6(7)4-12;/h6-8H,1-5,12H2,(H,13,14);1H/t6-,7-;/m1./s1. The van der Waals surface area contributed by atoms with Crippen LogP contribution < -0.4 is 11.1 Å². The van der Waals surface area contributed by atoms with Crippen molar-refractivity contribution < 1.29 is 13.6 Å². The lowest BCUT2D eigenvalue weighted by atomic mass is 9.95. The van der Waals surface area contributed by atoms with Gasteiger partial charge in [0.2, 0.25) is 5.91 Å². The first-order chi connectivity index (χ1) is 6.65. The summed E-state index contributed by atoms with van der Waals surface area (Å²) in [5, 5.41) is 2.24. The van der Waals surface area contributed by atoms with Gasteiger partial charge >= 0.3 is 0 Å². The highest BCUT2D eigenvalue weighted by molar-refractivity contribution is 5.85. The molecular formula is C9H17ClF2N2O. The number of carbonyl (C=O) groups excluding carboxylic acids is 1. The van der Waals surface area contributed by atoms with Gasteiger partial charge in [0.1, 0.15) is 0 Å². The van der Waals surface area contributed by atoms with E-state index in [2.05, 4.69) is 5.32 Å². The number of hydrogen-bond acceptors (Lipinski definition) is 2. The third-order valence-electron chi connectivity index (χ3n) is 2.73. The lowest BCUT2D eigenvalue weighted by molar-refractivity contribution is -0.126. The van der Waals surface area contributed by atoms with Gasteiger partial charge in [0.05, 0.1) is 6.54 Å². The molecule has 0 spiro atoms. The number of rotatable bonds is 4. The van der Waals surface area contributed by atoms with Gasteiger partial charge in [-0.1, -0.05) is 6.42 Å². The van der Waals surface area contributed by atoms with E-state index in [-0.39, 0.29) is 30.2 Å². The van der Waals surface area contributed by atoms with E-state index in [1.165, 1.54) is 0 Å². The summed E-state index contributed by atoms with van der Waals surface area (Å²) >= 11 is 0. The van der Waals surface area contributed by atoms with Gasteiger partial charge < -0.3 is 11.1 Å². The van der Waals surface area contributed by atoms with Crippen LogP contribution in [0.3, 0.4) is 0 Å². The van der Waals surface area contributed by atoms with Gasteiger partial charge in [-0.15, -0.1) is 12.4 Å². The van der Waals surface area contributed by atoms with E-state index in [0.29, 0.717) is 6.54 Å². The lowest BCUT2D eigenvalue weighted by Crippen LogP contribution is -2.37. The van der Waals surface area contributed by atoms with Crippen LogP contribution in [0.1, 0.15) is 19.3 Å². The number of alkyl halides is 2. The maximum atomic E-state index is 11.8. The zero-order chi connectivity index (χ0) is 10.6. The maximum Gasteiger partial charge on any atom is 0.255 e. The van der Waals surface area contributed by atoms with E-state index in [9.17, 15) is 13.6 Å². The Morgan fingerprint density at radius 1 is 1.47 bits per heavy atom. The van der Waals surface area contributed by atoms with Crippen molar-refractivity contribution in [1.82, 2.24) is 5.32 Å². The Bertz CT molecular complexity index is 205. The van der Waals surface area contributed by atoms with Crippen LogP contribution in [0.5, 0.6) is 0 Å². The van der Waals surface area contributed by atoms with Gasteiger partial charge in [0.25, 0.3) is 6.43 Å². The first-order valence-electron chi connectivity index (χ1n) is 4.91. The van der Waals surface area contributed by atoms with Crippen LogP contribution >= 0.6 is 12.4 Å². The number of nitrogens with one attached hydrogen (secondary N) is 1. The molecule has 0 aromatic carbocycles. The maximum absolute atomic E-state index is 11.8. The van der Waals surface area contributed by atoms with E-state index in [1.54, 1.807) is 0 Å². The Labute approximate surface area is 94.2 Å². The van der Waals surface area contributed by atoms with Gasteiger partial charge in [-0.3, -0.25) is 4.79 Å². The first-order valence-corrected chi connectivity index (χ1v) is 4.91. The molecular weight excluding hydrogens is 226 g/mol.